The van der Waals surface area contributed by atoms with Gasteiger partial charge in [0.1, 0.15) is 18.5 Å². The first-order valence-electron chi connectivity index (χ1n) is 6.53. The fourth-order valence-corrected chi connectivity index (χ4v) is 2.05. The first-order valence-corrected chi connectivity index (χ1v) is 6.53. The van der Waals surface area contributed by atoms with Crippen LogP contribution < -0.4 is 0 Å². The van der Waals surface area contributed by atoms with Crippen LogP contribution in [0.15, 0.2) is 30.3 Å². The van der Waals surface area contributed by atoms with E-state index in [4.69, 9.17) is 14.2 Å². The molecular weight excluding hydrogens is 260 g/mol. The minimum absolute atomic E-state index is 0.0860. The third-order valence-corrected chi connectivity index (χ3v) is 3.04. The molecule has 1 saturated heterocycles. The van der Waals surface area contributed by atoms with Crippen LogP contribution >= 0.6 is 0 Å². The molecule has 0 aromatic heterocycles. The van der Waals surface area contributed by atoms with Crippen molar-refractivity contribution in [3.05, 3.63) is 35.9 Å². The molecule has 1 heterocycles. The fourth-order valence-electron chi connectivity index (χ4n) is 2.05. The zero-order valence-corrected chi connectivity index (χ0v) is 11.6. The van der Waals surface area contributed by atoms with Gasteiger partial charge in [-0.2, -0.15) is 0 Å². The summed E-state index contributed by atoms with van der Waals surface area (Å²) in [6.45, 7) is 3.86. The van der Waals surface area contributed by atoms with E-state index in [1.807, 2.05) is 6.07 Å². The number of esters is 1. The molecule has 0 unspecified atom stereocenters. The summed E-state index contributed by atoms with van der Waals surface area (Å²) in [4.78, 5) is 22.8. The van der Waals surface area contributed by atoms with E-state index in [0.29, 0.717) is 12.2 Å². The lowest BCUT2D eigenvalue weighted by Crippen LogP contribution is -2.35. The maximum Gasteiger partial charge on any atom is 0.338 e. The smallest absolute Gasteiger partial charge is 0.338 e. The molecule has 108 valence electrons. The van der Waals surface area contributed by atoms with Crippen molar-refractivity contribution >= 4 is 12.3 Å². The van der Waals surface area contributed by atoms with Crippen LogP contribution in [0.1, 0.15) is 30.6 Å². The van der Waals surface area contributed by atoms with E-state index < -0.39 is 24.0 Å². The first-order chi connectivity index (χ1) is 9.52. The highest BCUT2D eigenvalue weighted by Crippen LogP contribution is 2.26. The molecule has 0 spiro atoms. The number of carbonyl (C=O) groups is 2. The van der Waals surface area contributed by atoms with E-state index in [9.17, 15) is 9.59 Å². The standard InChI is InChI=1S/C15H18O5/c1-15(2)18-10-13(20-15)12(8-9-16)19-14(17)11-6-4-3-5-7-11/h3-7,9,12-13H,8,10H2,1-2H3/t12-,13+/m0/s1. The maximum atomic E-state index is 12.0. The molecule has 0 radical (unpaired) electrons. The Morgan fingerprint density at radius 3 is 2.70 bits per heavy atom. The van der Waals surface area contributed by atoms with Gasteiger partial charge in [-0.25, -0.2) is 4.79 Å². The van der Waals surface area contributed by atoms with Crippen molar-refractivity contribution in [2.24, 2.45) is 0 Å². The Hall–Kier alpha value is -1.72. The maximum absolute atomic E-state index is 12.0. The van der Waals surface area contributed by atoms with Gasteiger partial charge in [-0.3, -0.25) is 0 Å². The van der Waals surface area contributed by atoms with Gasteiger partial charge in [0.05, 0.1) is 12.2 Å². The number of benzene rings is 1. The summed E-state index contributed by atoms with van der Waals surface area (Å²) < 4.78 is 16.5. The van der Waals surface area contributed by atoms with Gasteiger partial charge in [0, 0.05) is 6.42 Å². The third-order valence-electron chi connectivity index (χ3n) is 3.04. The molecule has 0 bridgehead atoms. The Morgan fingerprint density at radius 2 is 2.15 bits per heavy atom. The summed E-state index contributed by atoms with van der Waals surface area (Å²) in [7, 11) is 0. The molecule has 0 aliphatic carbocycles. The lowest BCUT2D eigenvalue weighted by molar-refractivity contribution is -0.152. The van der Waals surface area contributed by atoms with Crippen molar-refractivity contribution in [2.75, 3.05) is 6.61 Å². The van der Waals surface area contributed by atoms with Crippen LogP contribution in [0.25, 0.3) is 0 Å². The lowest BCUT2D eigenvalue weighted by Gasteiger charge is -2.23. The van der Waals surface area contributed by atoms with Crippen LogP contribution in [0, 0.1) is 0 Å². The Labute approximate surface area is 117 Å². The molecule has 1 aliphatic rings. The normalized spacial score (nSPS) is 22.2. The number of carbonyl (C=O) groups excluding carboxylic acids is 2. The van der Waals surface area contributed by atoms with E-state index in [2.05, 4.69) is 0 Å². The van der Waals surface area contributed by atoms with Gasteiger partial charge in [-0.15, -0.1) is 0 Å². The Bertz CT molecular complexity index is 468. The van der Waals surface area contributed by atoms with Gasteiger partial charge < -0.3 is 19.0 Å². The van der Waals surface area contributed by atoms with Crippen molar-refractivity contribution in [1.82, 2.24) is 0 Å². The molecule has 2 rings (SSSR count). The number of aldehydes is 1. The zero-order chi connectivity index (χ0) is 14.6. The van der Waals surface area contributed by atoms with Crippen molar-refractivity contribution in [3.63, 3.8) is 0 Å². The van der Waals surface area contributed by atoms with E-state index in [0.717, 1.165) is 6.29 Å². The summed E-state index contributed by atoms with van der Waals surface area (Å²) in [5, 5.41) is 0. The van der Waals surface area contributed by atoms with Crippen molar-refractivity contribution in [3.8, 4) is 0 Å². The van der Waals surface area contributed by atoms with Crippen LogP contribution in [-0.4, -0.2) is 36.9 Å². The van der Waals surface area contributed by atoms with E-state index in [1.54, 1.807) is 38.1 Å². The average Bonchev–Trinajstić information content (AvgIpc) is 2.79. The van der Waals surface area contributed by atoms with Gasteiger partial charge in [-0.05, 0) is 26.0 Å². The van der Waals surface area contributed by atoms with Crippen LogP contribution in [0.4, 0.5) is 0 Å². The van der Waals surface area contributed by atoms with E-state index in [1.165, 1.54) is 0 Å². The second-order valence-electron chi connectivity index (χ2n) is 5.08. The number of rotatable bonds is 5. The molecule has 5 nitrogen and oxygen atoms in total. The van der Waals surface area contributed by atoms with E-state index in [-0.39, 0.29) is 6.42 Å². The SMILES string of the molecule is CC1(C)OC[C@H]([C@H](CC=O)OC(=O)c2ccccc2)O1. The molecule has 2 atom stereocenters. The first kappa shape index (κ1) is 14.7. The second-order valence-corrected chi connectivity index (χ2v) is 5.08. The number of hydrogen-bond donors (Lipinski definition) is 0. The third kappa shape index (κ3) is 3.65. The number of hydrogen-bond acceptors (Lipinski definition) is 5. The molecule has 1 aliphatic heterocycles. The summed E-state index contributed by atoms with van der Waals surface area (Å²) in [6, 6.07) is 8.65. The van der Waals surface area contributed by atoms with E-state index >= 15 is 0 Å². The average molecular weight is 278 g/mol. The summed E-state index contributed by atoms with van der Waals surface area (Å²) in [5.41, 5.74) is 0.446. The Kier molecular flexibility index (Phi) is 4.52. The lowest BCUT2D eigenvalue weighted by atomic mass is 10.1. The van der Waals surface area contributed by atoms with Gasteiger partial charge in [0.2, 0.25) is 0 Å². The highest BCUT2D eigenvalue weighted by atomic mass is 16.8. The highest BCUT2D eigenvalue weighted by molar-refractivity contribution is 5.89. The molecule has 1 aromatic carbocycles. The van der Waals surface area contributed by atoms with Gasteiger partial charge in [0.25, 0.3) is 0 Å². The van der Waals surface area contributed by atoms with Crippen LogP contribution in [0.3, 0.4) is 0 Å². The van der Waals surface area contributed by atoms with Crippen molar-refractivity contribution in [1.29, 1.82) is 0 Å². The van der Waals surface area contributed by atoms with Crippen molar-refractivity contribution in [2.45, 2.75) is 38.3 Å². The van der Waals surface area contributed by atoms with Crippen LogP contribution in [0.5, 0.6) is 0 Å². The van der Waals surface area contributed by atoms with Gasteiger partial charge in [0.15, 0.2) is 5.79 Å². The minimum Gasteiger partial charge on any atom is -0.455 e. The Balaban J connectivity index is 2.03. The zero-order valence-electron chi connectivity index (χ0n) is 11.6. The molecule has 0 N–H and O–H groups in total. The molecular formula is C15H18O5. The summed E-state index contributed by atoms with van der Waals surface area (Å²) in [5.74, 6) is -1.18. The molecule has 5 heteroatoms. The quantitative estimate of drug-likeness (QED) is 0.608. The Morgan fingerprint density at radius 1 is 1.45 bits per heavy atom. The molecule has 20 heavy (non-hydrogen) atoms. The molecule has 1 aromatic rings. The number of ether oxygens (including phenoxy) is 3. The highest BCUT2D eigenvalue weighted by Gasteiger charge is 2.39. The van der Waals surface area contributed by atoms with Crippen LogP contribution in [0.2, 0.25) is 0 Å². The summed E-state index contributed by atoms with van der Waals surface area (Å²) in [6.07, 6.45) is -0.259. The second kappa shape index (κ2) is 6.15. The summed E-state index contributed by atoms with van der Waals surface area (Å²) >= 11 is 0. The van der Waals surface area contributed by atoms with Crippen LogP contribution in [-0.2, 0) is 19.0 Å². The fraction of sp³-hybridized carbons (Fsp3) is 0.467. The topological polar surface area (TPSA) is 61.8 Å². The molecule has 0 amide bonds. The largest absolute Gasteiger partial charge is 0.455 e. The van der Waals surface area contributed by atoms with Gasteiger partial charge >= 0.3 is 5.97 Å². The predicted octanol–water partition coefficient (Wildman–Crippen LogP) is 1.95. The monoisotopic (exact) mass is 278 g/mol. The van der Waals surface area contributed by atoms with Crippen molar-refractivity contribution < 1.29 is 23.8 Å². The van der Waals surface area contributed by atoms with Gasteiger partial charge in [-0.1, -0.05) is 18.2 Å². The molecule has 0 saturated carbocycles. The minimum atomic E-state index is -0.717. The molecule has 1 fully saturated rings. The predicted molar refractivity (Wildman–Crippen MR) is 71.2 cm³/mol.